The first kappa shape index (κ1) is 100. The van der Waals surface area contributed by atoms with E-state index in [1.807, 2.05) is 131 Å². The minimum absolute atomic E-state index is 0.112. The fourth-order valence-corrected chi connectivity index (χ4v) is 15.5. The fourth-order valence-electron chi connectivity index (χ4n) is 14.9. The van der Waals surface area contributed by atoms with Crippen LogP contribution in [0, 0.1) is 30.2 Å². The van der Waals surface area contributed by atoms with Gasteiger partial charge in [-0.25, -0.2) is 59.2 Å². The van der Waals surface area contributed by atoms with Crippen LogP contribution in [0.5, 0.6) is 0 Å². The number of ether oxygens (including phenoxy) is 4. The molecule has 0 spiro atoms. The number of allylic oxidation sites excluding steroid dienone is 1. The van der Waals surface area contributed by atoms with E-state index in [0.717, 1.165) is 117 Å². The number of hydrogen-bond acceptors (Lipinski definition) is 36. The monoisotopic (exact) mass is 2020 g/mol. The molecule has 46 heteroatoms. The summed E-state index contributed by atoms with van der Waals surface area (Å²) in [5, 5.41) is 37.6. The first-order chi connectivity index (χ1) is 71.2. The van der Waals surface area contributed by atoms with Crippen molar-refractivity contribution in [3.8, 4) is 33.5 Å². The number of hydrazone groups is 4. The number of nitrogens with zero attached hydrogens (tertiary/aromatic N) is 24. The molecule has 0 saturated carbocycles. The minimum atomic E-state index is -4.52. The van der Waals surface area contributed by atoms with Crippen LogP contribution in [0.15, 0.2) is 269 Å². The standard InChI is InChI=1S/C26H22F4N8O.C25H24ClFN8O.C25H23FN8O.C24H23ClFN9O/c27-23-16-33-25(36-24(23)38-6-8-39-9-7-38)37-34-15-20-3-4-21(14-32-20)35-22-11-18(17-2-1-5-31-13-17)10-19(12-22)26(28,29)30;1-16-10-23(29-12-16)20-5-4-17(11-21(20)26)32-19-3-2-18(28-13-19)14-31-34-25-30-15-22(27)24(33-25)35-6-8-36-9-7-35;26-23-17-29-25(32-24(23)34-9-11-35-12-10-34)33-30-16-21-6-7-22(15-28-21)31-20-5-1-3-18(13-20)19-4-2-8-27-14-19;1-15-11-29-33-22(15)19-5-4-16(10-20(19)25)31-18-3-2-17(27-12-18)13-30-34-24-28-14-21(26)23(32-24)35-6-8-36-9-7-35/h1-5,10-16,35H,6-9H2,(H,33,36,37);2-5,10-11,13-15,32H,6-9,12H2,1H3,(H,30,33,34);1-8,13-17,31H,9-12H2,(H,29,32,33);2-5,10-14,31H,6-9H2,1H3,(H,29,33)(H,28,32,34)/b34-15+;31-14+;30-16+;30-13+. The molecule has 0 radical (unpaired) electrons. The third-order valence-electron chi connectivity index (χ3n) is 22.2. The third kappa shape index (κ3) is 28.0. The first-order valence-electron chi connectivity index (χ1n) is 45.7. The lowest BCUT2D eigenvalue weighted by molar-refractivity contribution is -0.137. The smallest absolute Gasteiger partial charge is 0.378 e. The van der Waals surface area contributed by atoms with Crippen LogP contribution in [-0.4, -0.2) is 222 Å². The van der Waals surface area contributed by atoms with Crippen LogP contribution in [0.2, 0.25) is 10.0 Å². The molecule has 16 heterocycles. The summed E-state index contributed by atoms with van der Waals surface area (Å²) < 4.78 is 118. The van der Waals surface area contributed by atoms with Crippen molar-refractivity contribution < 1.29 is 49.7 Å². The highest BCUT2D eigenvalue weighted by Gasteiger charge is 2.32. The number of benzene rings is 4. The lowest BCUT2D eigenvalue weighted by Crippen LogP contribution is -2.37. The average Bonchev–Trinajstić information content (AvgIpc) is 1.15. The highest BCUT2D eigenvalue weighted by atomic mass is 35.5. The molecule has 0 aliphatic carbocycles. The second kappa shape index (κ2) is 49.1. The number of hydrogen-bond donors (Lipinski definition) is 9. The summed E-state index contributed by atoms with van der Waals surface area (Å²) in [6, 6.07) is 45.0. The van der Waals surface area contributed by atoms with Gasteiger partial charge in [-0.3, -0.25) is 40.0 Å². The zero-order valence-electron chi connectivity index (χ0n) is 78.1. The number of halogens is 9. The number of aryl methyl sites for hydroxylation is 1. The minimum Gasteiger partial charge on any atom is -0.378 e. The Morgan fingerprint density at radius 2 is 0.719 bits per heavy atom. The molecule has 15 aromatic rings. The molecule has 146 heavy (non-hydrogen) atoms. The number of H-pyrrole nitrogens is 1. The van der Waals surface area contributed by atoms with Gasteiger partial charge in [0.05, 0.1) is 213 Å². The molecule has 0 unspecified atom stereocenters. The Morgan fingerprint density at radius 3 is 1.05 bits per heavy atom. The van der Waals surface area contributed by atoms with Crippen molar-refractivity contribution in [3.63, 3.8) is 0 Å². The van der Waals surface area contributed by atoms with E-state index in [1.54, 1.807) is 78.6 Å². The van der Waals surface area contributed by atoms with Crippen LogP contribution in [0.25, 0.3) is 33.5 Å². The predicted octanol–water partition coefficient (Wildman–Crippen LogP) is 18.0. The van der Waals surface area contributed by atoms with Gasteiger partial charge in [0.2, 0.25) is 23.8 Å². The number of anilines is 16. The van der Waals surface area contributed by atoms with Crippen molar-refractivity contribution in [2.75, 3.05) is 174 Å². The van der Waals surface area contributed by atoms with Gasteiger partial charge < -0.3 is 59.8 Å². The third-order valence-corrected chi connectivity index (χ3v) is 22.8. The SMILES string of the molecule is CC1=CC(c2ccc(Nc3ccc(/C=N/Nc4ncc(F)c(N5CCOCC5)n4)nc3)cc2Cl)=NC1.Cc1cn[nH]c1-c1ccc(Nc2ccc(/C=N/Nc3ncc(F)c(N4CCOCC4)n3)nc2)cc1Cl.Fc1cnc(N/N=C/c2ccc(Nc3cc(-c4cccnc4)cc(C(F)(F)F)c3)cn2)nc1N1CCOCC1.Fc1cnc(N/N=C/c2ccc(Nc3cccc(-c4cccnc4)c3)cn2)nc1N1CCOCC1. The van der Waals surface area contributed by atoms with E-state index in [0.29, 0.717) is 155 Å². The van der Waals surface area contributed by atoms with Crippen LogP contribution in [0.1, 0.15) is 46.4 Å². The maximum absolute atomic E-state index is 14.2. The van der Waals surface area contributed by atoms with Crippen molar-refractivity contribution in [1.82, 2.24) is 80.0 Å². The van der Waals surface area contributed by atoms with Crippen molar-refractivity contribution in [3.05, 3.63) is 317 Å². The van der Waals surface area contributed by atoms with Crippen LogP contribution < -0.4 is 62.6 Å². The summed E-state index contributed by atoms with van der Waals surface area (Å²) in [6.07, 6.45) is 23.0. The molecule has 4 fully saturated rings. The number of aliphatic imine (C=N–C) groups is 1. The molecule has 20 rings (SSSR count). The molecule has 4 aromatic carbocycles. The molecule has 9 N–H and O–H groups in total. The number of aromatic amines is 1. The molecular formula is C100H92Cl2F7N33O4. The number of morpholine rings is 4. The summed E-state index contributed by atoms with van der Waals surface area (Å²) in [5.74, 6) is -0.403. The maximum Gasteiger partial charge on any atom is 0.416 e. The number of nitrogens with one attached hydrogen (secondary N) is 9. The molecule has 0 amide bonds. The lowest BCUT2D eigenvalue weighted by Gasteiger charge is -2.27. The van der Waals surface area contributed by atoms with Gasteiger partial charge in [-0.05, 0) is 170 Å². The summed E-state index contributed by atoms with van der Waals surface area (Å²) >= 11 is 13.0. The van der Waals surface area contributed by atoms with Crippen LogP contribution in [0.4, 0.5) is 123 Å². The van der Waals surface area contributed by atoms with E-state index < -0.39 is 35.0 Å². The van der Waals surface area contributed by atoms with Crippen molar-refractivity contribution in [2.24, 2.45) is 25.4 Å². The zero-order valence-corrected chi connectivity index (χ0v) is 79.6. The zero-order chi connectivity index (χ0) is 101. The quantitative estimate of drug-likeness (QED) is 0.0125. The largest absolute Gasteiger partial charge is 0.416 e. The summed E-state index contributed by atoms with van der Waals surface area (Å²) in [4.78, 5) is 70.0. The van der Waals surface area contributed by atoms with Gasteiger partial charge in [-0.1, -0.05) is 47.5 Å². The molecule has 11 aromatic heterocycles. The normalized spacial score (nSPS) is 14.3. The molecule has 744 valence electrons. The molecule has 0 bridgehead atoms. The maximum atomic E-state index is 14.2. The topological polar surface area (TPSA) is 417 Å². The highest BCUT2D eigenvalue weighted by Crippen LogP contribution is 2.38. The van der Waals surface area contributed by atoms with Gasteiger partial charge in [0, 0.05) is 122 Å². The highest BCUT2D eigenvalue weighted by molar-refractivity contribution is 6.35. The molecule has 0 atom stereocenters. The number of rotatable bonds is 28. The fraction of sp³-hybridized carbons (Fsp3) is 0.200. The van der Waals surface area contributed by atoms with E-state index in [1.165, 1.54) is 36.6 Å². The number of alkyl halides is 3. The van der Waals surface area contributed by atoms with Crippen LogP contribution in [0.3, 0.4) is 0 Å². The summed E-state index contributed by atoms with van der Waals surface area (Å²) in [6.45, 7) is 13.4. The Balaban J connectivity index is 0.000000133. The molecule has 5 aliphatic heterocycles. The molecule has 37 nitrogen and oxygen atoms in total. The lowest BCUT2D eigenvalue weighted by atomic mass is 10.0. The second-order valence-electron chi connectivity index (χ2n) is 32.6. The molecule has 5 aliphatic rings. The van der Waals surface area contributed by atoms with Crippen molar-refractivity contribution in [1.29, 1.82) is 0 Å². The Bertz CT molecular complexity index is 7130. The van der Waals surface area contributed by atoms with Gasteiger partial charge in [0.25, 0.3) is 0 Å². The van der Waals surface area contributed by atoms with Crippen LogP contribution >= 0.6 is 23.2 Å². The number of aromatic nitrogens is 16. The molecule has 4 saturated heterocycles. The Kier molecular flexibility index (Phi) is 33.8. The van der Waals surface area contributed by atoms with E-state index in [-0.39, 0.29) is 52.8 Å². The van der Waals surface area contributed by atoms with Gasteiger partial charge in [-0.15, -0.1) is 0 Å². The Labute approximate surface area is 841 Å². The summed E-state index contributed by atoms with van der Waals surface area (Å²) in [7, 11) is 0. The molecular weight excluding hydrogens is 1930 g/mol. The Hall–Kier alpha value is -17.1. The first-order valence-corrected chi connectivity index (χ1v) is 46.4. The van der Waals surface area contributed by atoms with Gasteiger partial charge in [-0.2, -0.15) is 58.6 Å². The van der Waals surface area contributed by atoms with Gasteiger partial charge >= 0.3 is 6.18 Å². The van der Waals surface area contributed by atoms with E-state index in [2.05, 4.69) is 167 Å². The van der Waals surface area contributed by atoms with Gasteiger partial charge in [0.1, 0.15) is 0 Å². The van der Waals surface area contributed by atoms with Gasteiger partial charge in [0.15, 0.2) is 46.5 Å². The van der Waals surface area contributed by atoms with E-state index >= 15 is 0 Å². The second-order valence-corrected chi connectivity index (χ2v) is 33.4. The Morgan fingerprint density at radius 1 is 0.363 bits per heavy atom. The van der Waals surface area contributed by atoms with Crippen molar-refractivity contribution >= 4 is 146 Å². The van der Waals surface area contributed by atoms with E-state index in [4.69, 9.17) is 42.1 Å². The van der Waals surface area contributed by atoms with Crippen LogP contribution in [-0.2, 0) is 25.1 Å². The van der Waals surface area contributed by atoms with Crippen molar-refractivity contribution in [2.45, 2.75) is 20.0 Å². The van der Waals surface area contributed by atoms with E-state index in [9.17, 15) is 30.7 Å². The summed E-state index contributed by atoms with van der Waals surface area (Å²) in [5.41, 5.74) is 27.1. The predicted molar refractivity (Wildman–Crippen MR) is 550 cm³/mol. The number of pyridine rings is 6. The average molecular weight is 2020 g/mol.